The summed E-state index contributed by atoms with van der Waals surface area (Å²) in [5.41, 5.74) is -0.379. The summed E-state index contributed by atoms with van der Waals surface area (Å²) in [5, 5.41) is 0. The van der Waals surface area contributed by atoms with Gasteiger partial charge in [0.25, 0.3) is 0 Å². The van der Waals surface area contributed by atoms with E-state index in [1.807, 2.05) is 12.1 Å². The van der Waals surface area contributed by atoms with Crippen molar-refractivity contribution in [3.8, 4) is 5.75 Å². The van der Waals surface area contributed by atoms with Gasteiger partial charge in [0.1, 0.15) is 11.9 Å². The van der Waals surface area contributed by atoms with Crippen LogP contribution in [-0.4, -0.2) is 55.4 Å². The standard InChI is InChI=1S/C13H18N2O4S/c1-20(16,17)15-6-4-13(10-15)7-12(9-18-13)19-11-3-2-5-14-8-11/h2-3,5,8,12H,4,6-7,9-10H2,1H3. The molecule has 3 rings (SSSR count). The number of sulfonamides is 1. The van der Waals surface area contributed by atoms with Gasteiger partial charge in [0.15, 0.2) is 0 Å². The van der Waals surface area contributed by atoms with E-state index >= 15 is 0 Å². The Kier molecular flexibility index (Phi) is 3.43. The third-order valence-corrected chi connectivity index (χ3v) is 5.11. The second kappa shape index (κ2) is 4.98. The lowest BCUT2D eigenvalue weighted by atomic mass is 9.98. The lowest BCUT2D eigenvalue weighted by molar-refractivity contribution is 0.0144. The predicted molar refractivity (Wildman–Crippen MR) is 73.0 cm³/mol. The van der Waals surface area contributed by atoms with Gasteiger partial charge >= 0.3 is 0 Å². The molecule has 110 valence electrons. The maximum Gasteiger partial charge on any atom is 0.211 e. The van der Waals surface area contributed by atoms with E-state index in [2.05, 4.69) is 4.98 Å². The lowest BCUT2D eigenvalue weighted by Crippen LogP contribution is -2.35. The van der Waals surface area contributed by atoms with Crippen LogP contribution in [0.15, 0.2) is 24.5 Å². The fourth-order valence-corrected chi connectivity index (χ4v) is 3.76. The van der Waals surface area contributed by atoms with Crippen LogP contribution in [0.5, 0.6) is 5.75 Å². The van der Waals surface area contributed by atoms with Gasteiger partial charge in [-0.1, -0.05) is 0 Å². The van der Waals surface area contributed by atoms with Crippen LogP contribution in [-0.2, 0) is 14.8 Å². The quantitative estimate of drug-likeness (QED) is 0.819. The predicted octanol–water partition coefficient (Wildman–Crippen LogP) is 0.653. The molecule has 0 bridgehead atoms. The van der Waals surface area contributed by atoms with Crippen LogP contribution in [0.1, 0.15) is 12.8 Å². The molecule has 2 aliphatic heterocycles. The van der Waals surface area contributed by atoms with Crippen LogP contribution in [0.25, 0.3) is 0 Å². The number of rotatable bonds is 3. The third kappa shape index (κ3) is 2.79. The van der Waals surface area contributed by atoms with E-state index in [1.54, 1.807) is 12.4 Å². The van der Waals surface area contributed by atoms with Crippen LogP contribution < -0.4 is 4.74 Å². The van der Waals surface area contributed by atoms with Crippen LogP contribution in [0, 0.1) is 0 Å². The first-order chi connectivity index (χ1) is 9.47. The van der Waals surface area contributed by atoms with Crippen LogP contribution in [0.4, 0.5) is 0 Å². The van der Waals surface area contributed by atoms with Crippen molar-refractivity contribution in [3.63, 3.8) is 0 Å². The highest BCUT2D eigenvalue weighted by Crippen LogP contribution is 2.37. The zero-order valence-electron chi connectivity index (χ0n) is 11.4. The first-order valence-electron chi connectivity index (χ1n) is 6.63. The minimum absolute atomic E-state index is 0.0429. The molecule has 20 heavy (non-hydrogen) atoms. The van der Waals surface area contributed by atoms with Crippen molar-refractivity contribution in [2.75, 3.05) is 26.0 Å². The van der Waals surface area contributed by atoms with Gasteiger partial charge < -0.3 is 9.47 Å². The average Bonchev–Trinajstić information content (AvgIpc) is 2.99. The Labute approximate surface area is 118 Å². The number of ether oxygens (including phenoxy) is 2. The summed E-state index contributed by atoms with van der Waals surface area (Å²) in [6.07, 6.45) is 6.01. The van der Waals surface area contributed by atoms with Crippen molar-refractivity contribution in [1.29, 1.82) is 0 Å². The molecule has 0 N–H and O–H groups in total. The van der Waals surface area contributed by atoms with Crippen molar-refractivity contribution in [3.05, 3.63) is 24.5 Å². The SMILES string of the molecule is CS(=O)(=O)N1CCC2(CC(Oc3cccnc3)CO2)C1. The first-order valence-corrected chi connectivity index (χ1v) is 8.48. The van der Waals surface area contributed by atoms with Crippen LogP contribution in [0.2, 0.25) is 0 Å². The Morgan fingerprint density at radius 2 is 2.40 bits per heavy atom. The molecule has 2 atom stereocenters. The van der Waals surface area contributed by atoms with Gasteiger partial charge in [-0.05, 0) is 18.6 Å². The molecule has 2 fully saturated rings. The third-order valence-electron chi connectivity index (χ3n) is 3.86. The monoisotopic (exact) mass is 298 g/mol. The highest BCUT2D eigenvalue weighted by molar-refractivity contribution is 7.88. The van der Waals surface area contributed by atoms with Gasteiger partial charge in [-0.15, -0.1) is 0 Å². The molecule has 0 aromatic carbocycles. The second-order valence-electron chi connectivity index (χ2n) is 5.47. The van der Waals surface area contributed by atoms with Crippen molar-refractivity contribution in [2.24, 2.45) is 0 Å². The summed E-state index contributed by atoms with van der Waals surface area (Å²) in [5.74, 6) is 0.719. The van der Waals surface area contributed by atoms with Gasteiger partial charge in [-0.25, -0.2) is 8.42 Å². The molecule has 3 heterocycles. The molecular formula is C13H18N2O4S. The van der Waals surface area contributed by atoms with E-state index in [9.17, 15) is 8.42 Å². The Bertz CT molecular complexity index is 577. The summed E-state index contributed by atoms with van der Waals surface area (Å²) in [6.45, 7) is 1.45. The summed E-state index contributed by atoms with van der Waals surface area (Å²) >= 11 is 0. The number of aromatic nitrogens is 1. The second-order valence-corrected chi connectivity index (χ2v) is 7.46. The Morgan fingerprint density at radius 3 is 3.05 bits per heavy atom. The summed E-state index contributed by atoms with van der Waals surface area (Å²) in [6, 6.07) is 3.68. The molecule has 2 saturated heterocycles. The molecule has 0 radical (unpaired) electrons. The Hall–Kier alpha value is -1.18. The van der Waals surface area contributed by atoms with Crippen LogP contribution in [0.3, 0.4) is 0 Å². The fraction of sp³-hybridized carbons (Fsp3) is 0.615. The van der Waals surface area contributed by atoms with E-state index in [4.69, 9.17) is 9.47 Å². The largest absolute Gasteiger partial charge is 0.486 e. The molecule has 6 nitrogen and oxygen atoms in total. The summed E-state index contributed by atoms with van der Waals surface area (Å²) in [4.78, 5) is 4.01. The fourth-order valence-electron chi connectivity index (χ4n) is 2.86. The molecule has 0 saturated carbocycles. The number of hydrogen-bond acceptors (Lipinski definition) is 5. The molecule has 0 amide bonds. The minimum atomic E-state index is -3.14. The molecular weight excluding hydrogens is 280 g/mol. The molecule has 7 heteroatoms. The summed E-state index contributed by atoms with van der Waals surface area (Å²) < 4.78 is 36.3. The van der Waals surface area contributed by atoms with Crippen molar-refractivity contribution in [1.82, 2.24) is 9.29 Å². The number of hydrogen-bond donors (Lipinski definition) is 0. The molecule has 1 spiro atoms. The lowest BCUT2D eigenvalue weighted by Gasteiger charge is -2.22. The Balaban J connectivity index is 1.63. The van der Waals surface area contributed by atoms with E-state index < -0.39 is 10.0 Å². The smallest absolute Gasteiger partial charge is 0.211 e. The zero-order valence-corrected chi connectivity index (χ0v) is 12.2. The number of nitrogens with zero attached hydrogens (tertiary/aromatic N) is 2. The average molecular weight is 298 g/mol. The van der Waals surface area contributed by atoms with Gasteiger partial charge in [-0.2, -0.15) is 4.31 Å². The van der Waals surface area contributed by atoms with E-state index in [0.29, 0.717) is 26.1 Å². The van der Waals surface area contributed by atoms with Crippen molar-refractivity contribution < 1.29 is 17.9 Å². The van der Waals surface area contributed by atoms with E-state index in [-0.39, 0.29) is 11.7 Å². The molecule has 1 aromatic rings. The maximum absolute atomic E-state index is 11.6. The van der Waals surface area contributed by atoms with Crippen molar-refractivity contribution >= 4 is 10.0 Å². The highest BCUT2D eigenvalue weighted by Gasteiger charge is 2.48. The molecule has 2 aliphatic rings. The maximum atomic E-state index is 11.6. The number of pyridine rings is 1. The normalized spacial score (nSPS) is 30.9. The minimum Gasteiger partial charge on any atom is -0.486 e. The first kappa shape index (κ1) is 13.8. The van der Waals surface area contributed by atoms with Gasteiger partial charge in [0.05, 0.1) is 24.7 Å². The topological polar surface area (TPSA) is 68.7 Å². The van der Waals surface area contributed by atoms with Gasteiger partial charge in [0.2, 0.25) is 10.0 Å². The Morgan fingerprint density at radius 1 is 1.55 bits per heavy atom. The molecule has 0 aliphatic carbocycles. The zero-order chi connectivity index (χ0) is 14.2. The van der Waals surface area contributed by atoms with E-state index in [0.717, 1.165) is 12.2 Å². The molecule has 1 aromatic heterocycles. The highest BCUT2D eigenvalue weighted by atomic mass is 32.2. The molecule has 2 unspecified atom stereocenters. The summed E-state index contributed by atoms with van der Waals surface area (Å²) in [7, 11) is -3.14. The van der Waals surface area contributed by atoms with Gasteiger partial charge in [0, 0.05) is 25.7 Å². The van der Waals surface area contributed by atoms with Crippen molar-refractivity contribution in [2.45, 2.75) is 24.5 Å². The van der Waals surface area contributed by atoms with Crippen LogP contribution >= 0.6 is 0 Å². The van der Waals surface area contributed by atoms with Gasteiger partial charge in [-0.3, -0.25) is 4.98 Å². The van der Waals surface area contributed by atoms with E-state index in [1.165, 1.54) is 10.6 Å².